The number of amides is 2. The number of aryl methyl sites for hydroxylation is 2. The first-order valence-electron chi connectivity index (χ1n) is 12.1. The summed E-state index contributed by atoms with van der Waals surface area (Å²) in [7, 11) is 0. The van der Waals surface area contributed by atoms with Gasteiger partial charge in [-0.05, 0) is 55.4 Å². The SMILES string of the molecule is Nc1nc2[nH]cc(CCc3ccc(C(=O)N[C@@H](CCC(=O)N[C@@H](CCC(=O)[O-])C(=O)[O-])C(=O)[O-])cc3)c2c(=O)[nH]1.[Na+].[Na+].[Na+]. The van der Waals surface area contributed by atoms with Crippen molar-refractivity contribution in [1.82, 2.24) is 25.6 Å². The molecule has 3 aromatic rings. The Morgan fingerprint density at radius 3 is 2.02 bits per heavy atom. The molecule has 2 heterocycles. The molecule has 0 fully saturated rings. The van der Waals surface area contributed by atoms with Crippen molar-refractivity contribution in [3.8, 4) is 0 Å². The summed E-state index contributed by atoms with van der Waals surface area (Å²) < 4.78 is 0. The summed E-state index contributed by atoms with van der Waals surface area (Å²) in [5.41, 5.74) is 7.27. The van der Waals surface area contributed by atoms with E-state index in [9.17, 15) is 44.1 Å². The summed E-state index contributed by atoms with van der Waals surface area (Å²) in [5, 5.41) is 37.8. The quantitative estimate of drug-likeness (QED) is 0.105. The molecule has 18 heteroatoms. The molecule has 0 saturated carbocycles. The van der Waals surface area contributed by atoms with E-state index in [2.05, 4.69) is 20.3 Å². The molecule has 2 aromatic heterocycles. The molecule has 1 aromatic carbocycles. The fourth-order valence-corrected chi connectivity index (χ4v) is 3.96. The van der Waals surface area contributed by atoms with Gasteiger partial charge in [0.25, 0.3) is 11.5 Å². The molecule has 0 radical (unpaired) electrons. The van der Waals surface area contributed by atoms with Gasteiger partial charge in [0.05, 0.1) is 29.4 Å². The van der Waals surface area contributed by atoms with E-state index >= 15 is 0 Å². The number of hydrogen-bond acceptors (Lipinski definition) is 11. The second kappa shape index (κ2) is 19.2. The average Bonchev–Trinajstić information content (AvgIpc) is 3.30. The van der Waals surface area contributed by atoms with Crippen LogP contribution in [-0.2, 0) is 32.0 Å². The van der Waals surface area contributed by atoms with Crippen LogP contribution in [0, 0.1) is 0 Å². The number of nitrogens with two attached hydrogens (primary N) is 1. The molecule has 0 aliphatic heterocycles. The van der Waals surface area contributed by atoms with Crippen LogP contribution in [0.15, 0.2) is 35.3 Å². The maximum absolute atomic E-state index is 12.6. The molecule has 15 nitrogen and oxygen atoms in total. The Morgan fingerprint density at radius 2 is 1.44 bits per heavy atom. The van der Waals surface area contributed by atoms with E-state index in [4.69, 9.17) is 5.73 Å². The van der Waals surface area contributed by atoms with E-state index in [0.717, 1.165) is 11.1 Å². The van der Waals surface area contributed by atoms with Crippen LogP contribution in [0.4, 0.5) is 5.95 Å². The van der Waals surface area contributed by atoms with E-state index in [1.54, 1.807) is 18.3 Å². The number of hydrogen-bond donors (Lipinski definition) is 5. The molecule has 0 unspecified atom stereocenters. The number of fused-ring (bicyclic) bond motifs is 1. The maximum Gasteiger partial charge on any atom is 1.00 e. The molecular weight excluding hydrogens is 597 g/mol. The smallest absolute Gasteiger partial charge is 0.550 e. The summed E-state index contributed by atoms with van der Waals surface area (Å²) in [4.78, 5) is 79.3. The van der Waals surface area contributed by atoms with E-state index in [0.29, 0.717) is 23.9 Å². The largest absolute Gasteiger partial charge is 1.00 e. The Kier molecular flexibility index (Phi) is 18.2. The van der Waals surface area contributed by atoms with Gasteiger partial charge in [-0.2, -0.15) is 4.98 Å². The van der Waals surface area contributed by atoms with Crippen LogP contribution in [0.2, 0.25) is 0 Å². The number of aromatic nitrogens is 3. The van der Waals surface area contributed by atoms with Crippen molar-refractivity contribution in [3.05, 3.63) is 57.5 Å². The first-order valence-corrected chi connectivity index (χ1v) is 12.1. The van der Waals surface area contributed by atoms with Crippen LogP contribution < -0.4 is 126 Å². The van der Waals surface area contributed by atoms with E-state index in [1.165, 1.54) is 12.1 Å². The van der Waals surface area contributed by atoms with E-state index < -0.39 is 67.5 Å². The summed E-state index contributed by atoms with van der Waals surface area (Å²) >= 11 is 0. The molecule has 2 amide bonds. The van der Waals surface area contributed by atoms with Crippen LogP contribution >= 0.6 is 0 Å². The minimum absolute atomic E-state index is 0. The Labute approximate surface area is 311 Å². The van der Waals surface area contributed by atoms with Gasteiger partial charge in [0, 0.05) is 24.2 Å². The van der Waals surface area contributed by atoms with Crippen LogP contribution in [0.3, 0.4) is 0 Å². The summed E-state index contributed by atoms with van der Waals surface area (Å²) in [6, 6.07) is 3.12. The van der Waals surface area contributed by atoms with Crippen LogP contribution in [0.5, 0.6) is 0 Å². The van der Waals surface area contributed by atoms with Crippen molar-refractivity contribution >= 4 is 46.7 Å². The molecule has 2 atom stereocenters. The van der Waals surface area contributed by atoms with Gasteiger partial charge < -0.3 is 51.1 Å². The molecule has 3 rings (SSSR count). The third kappa shape index (κ3) is 12.4. The molecule has 6 N–H and O–H groups in total. The zero-order chi connectivity index (χ0) is 29.4. The Bertz CT molecular complexity index is 1490. The van der Waals surface area contributed by atoms with Crippen molar-refractivity contribution in [1.29, 1.82) is 0 Å². The van der Waals surface area contributed by atoms with Crippen molar-refractivity contribution < 1.29 is 128 Å². The minimum Gasteiger partial charge on any atom is -0.550 e. The minimum atomic E-state index is -1.71. The molecule has 0 spiro atoms. The number of carboxylic acid groups (broad SMARTS) is 3. The number of rotatable bonds is 14. The molecule has 0 saturated heterocycles. The normalized spacial score (nSPS) is 11.5. The van der Waals surface area contributed by atoms with Crippen molar-refractivity contribution in [3.63, 3.8) is 0 Å². The van der Waals surface area contributed by atoms with Gasteiger partial charge in [-0.25, -0.2) is 0 Å². The topological polar surface area (TPSA) is 266 Å². The Morgan fingerprint density at radius 1 is 0.860 bits per heavy atom. The fourth-order valence-electron chi connectivity index (χ4n) is 3.96. The van der Waals surface area contributed by atoms with Crippen molar-refractivity contribution in [2.45, 2.75) is 50.6 Å². The van der Waals surface area contributed by atoms with Gasteiger partial charge in [0.1, 0.15) is 5.65 Å². The van der Waals surface area contributed by atoms with Gasteiger partial charge in [-0.1, -0.05) is 12.1 Å². The number of anilines is 1. The monoisotopic (exact) mass is 622 g/mol. The molecule has 212 valence electrons. The third-order valence-corrected chi connectivity index (χ3v) is 6.05. The zero-order valence-electron chi connectivity index (χ0n) is 24.0. The number of nitrogen functional groups attached to an aromatic ring is 1. The third-order valence-electron chi connectivity index (χ3n) is 6.05. The second-order valence-corrected chi connectivity index (χ2v) is 8.92. The first kappa shape index (κ1) is 40.8. The zero-order valence-corrected chi connectivity index (χ0v) is 30.0. The fraction of sp³-hybridized carbons (Fsp3) is 0.320. The number of carboxylic acids is 3. The van der Waals surface area contributed by atoms with E-state index in [1.807, 2.05) is 5.32 Å². The second-order valence-electron chi connectivity index (χ2n) is 8.92. The number of benzene rings is 1. The molecular formula is C25H25N6Na3O9. The number of aromatic amines is 2. The standard InChI is InChI=1S/C25H28N6O9.3Na/c26-25-30-20-19(22(36)31-25)14(11-27-20)6-3-12-1-4-13(5-2-12)21(35)29-16(24(39)40)7-9-17(32)28-15(23(37)38)8-10-18(33)34;;;/h1-2,4-5,11,15-16H,3,6-10H2,(H,28,32)(H,29,35)(H,33,34)(H,37,38)(H,39,40)(H4,26,27,30,31,36);;;/q;3*+1/p-3/t15-,16-;;;/m0.../s1. The number of carbonyl (C=O) groups excluding carboxylic acids is 5. The number of H-pyrrole nitrogens is 2. The number of nitrogens with one attached hydrogen (secondary N) is 4. The average molecular weight is 622 g/mol. The van der Waals surface area contributed by atoms with E-state index in [-0.39, 0.29) is 106 Å². The van der Waals surface area contributed by atoms with Gasteiger partial charge in [-0.15, -0.1) is 0 Å². The van der Waals surface area contributed by atoms with Crippen LogP contribution in [0.1, 0.15) is 47.2 Å². The van der Waals surface area contributed by atoms with Crippen LogP contribution in [0.25, 0.3) is 11.0 Å². The predicted octanol–water partition coefficient (Wildman–Crippen LogP) is -13.0. The number of carbonyl (C=O) groups is 5. The van der Waals surface area contributed by atoms with Gasteiger partial charge in [-0.3, -0.25) is 19.4 Å². The van der Waals surface area contributed by atoms with Gasteiger partial charge >= 0.3 is 88.7 Å². The van der Waals surface area contributed by atoms with Crippen molar-refractivity contribution in [2.75, 3.05) is 5.73 Å². The molecule has 0 aliphatic carbocycles. The molecule has 0 bridgehead atoms. The van der Waals surface area contributed by atoms with Crippen molar-refractivity contribution in [2.24, 2.45) is 0 Å². The van der Waals surface area contributed by atoms with Crippen LogP contribution in [-0.4, -0.2) is 56.8 Å². The number of nitrogens with zero attached hydrogens (tertiary/aromatic N) is 1. The summed E-state index contributed by atoms with van der Waals surface area (Å²) in [5.74, 6) is -6.50. The Balaban J connectivity index is 0.00000588. The number of aliphatic carboxylic acids is 3. The molecule has 0 aliphatic rings. The summed E-state index contributed by atoms with van der Waals surface area (Å²) in [6.07, 6.45) is 0.659. The molecule has 43 heavy (non-hydrogen) atoms. The Hall–Kier alpha value is -2.21. The maximum atomic E-state index is 12.6. The first-order chi connectivity index (χ1) is 18.9. The predicted molar refractivity (Wildman–Crippen MR) is 132 cm³/mol. The van der Waals surface area contributed by atoms with Gasteiger partial charge in [0.15, 0.2) is 0 Å². The summed E-state index contributed by atoms with van der Waals surface area (Å²) in [6.45, 7) is 0. The van der Waals surface area contributed by atoms with Gasteiger partial charge in [0.2, 0.25) is 11.9 Å².